The van der Waals surface area contributed by atoms with Gasteiger partial charge in [0.1, 0.15) is 17.2 Å². The number of morpholine rings is 1. The Morgan fingerprint density at radius 1 is 1.31 bits per heavy atom. The van der Waals surface area contributed by atoms with Crippen LogP contribution in [0, 0.1) is 0 Å². The van der Waals surface area contributed by atoms with E-state index in [1.165, 1.54) is 35.7 Å². The van der Waals surface area contributed by atoms with Crippen LogP contribution in [0.3, 0.4) is 0 Å². The minimum absolute atomic E-state index is 0.0193. The lowest BCUT2D eigenvalue weighted by Crippen LogP contribution is -2.55. The summed E-state index contributed by atoms with van der Waals surface area (Å²) >= 11 is 0. The number of alkyl halides is 3. The largest absolute Gasteiger partial charge is 0.496 e. The second kappa shape index (κ2) is 9.45. The molecule has 1 unspecified atom stereocenters. The van der Waals surface area contributed by atoms with Gasteiger partial charge in [-0.25, -0.2) is 8.42 Å². The van der Waals surface area contributed by atoms with E-state index in [0.29, 0.717) is 31.7 Å². The Bertz CT molecular complexity index is 1190. The van der Waals surface area contributed by atoms with Crippen LogP contribution in [-0.2, 0) is 20.4 Å². The zero-order chi connectivity index (χ0) is 25.4. The molecule has 3 aliphatic heterocycles. The summed E-state index contributed by atoms with van der Waals surface area (Å²) in [6.07, 6.45) is -2.40. The lowest BCUT2D eigenvalue weighted by molar-refractivity contribution is -0.0922. The van der Waals surface area contributed by atoms with Crippen LogP contribution in [0.15, 0.2) is 51.0 Å². The lowest BCUT2D eigenvalue weighted by Gasteiger charge is -2.36. The van der Waals surface area contributed by atoms with Crippen molar-refractivity contribution in [3.05, 3.63) is 46.7 Å². The smallest absolute Gasteiger partial charge is 0.415 e. The van der Waals surface area contributed by atoms with Crippen LogP contribution in [0.1, 0.15) is 18.9 Å². The van der Waals surface area contributed by atoms with E-state index in [1.54, 1.807) is 0 Å². The Labute approximate surface area is 201 Å². The third-order valence-electron chi connectivity index (χ3n) is 6.03. The number of hydrogen-bond acceptors (Lipinski definition) is 8. The van der Waals surface area contributed by atoms with Crippen molar-refractivity contribution in [1.29, 1.82) is 0 Å². The van der Waals surface area contributed by atoms with Crippen LogP contribution >= 0.6 is 0 Å². The number of rotatable bonds is 7. The number of nitrogens with zero attached hydrogens (tertiary/aromatic N) is 2. The summed E-state index contributed by atoms with van der Waals surface area (Å²) in [6, 6.07) is 4.28. The first-order chi connectivity index (χ1) is 16.5. The number of ether oxygens (including phenoxy) is 2. The number of aliphatic imine (C=N–C) groups is 1. The van der Waals surface area contributed by atoms with Gasteiger partial charge in [-0.1, -0.05) is 6.92 Å². The Kier molecular flexibility index (Phi) is 6.88. The number of benzene rings is 1. The second-order valence-corrected chi connectivity index (χ2v) is 10.3. The molecule has 0 aromatic heterocycles. The van der Waals surface area contributed by atoms with Crippen molar-refractivity contribution < 1.29 is 31.1 Å². The molecule has 9 nitrogen and oxygen atoms in total. The van der Waals surface area contributed by atoms with E-state index in [4.69, 9.17) is 15.2 Å². The summed E-state index contributed by atoms with van der Waals surface area (Å²) in [5.41, 5.74) is 4.90. The molecule has 0 saturated carbocycles. The molecule has 3 heterocycles. The van der Waals surface area contributed by atoms with Gasteiger partial charge in [-0.3, -0.25) is 4.99 Å². The van der Waals surface area contributed by atoms with Crippen molar-refractivity contribution >= 4 is 15.9 Å². The molecule has 192 valence electrons. The number of nitrogens with one attached hydrogen (secondary N) is 2. The highest BCUT2D eigenvalue weighted by Gasteiger charge is 2.45. The molecule has 4 N–H and O–H groups in total. The van der Waals surface area contributed by atoms with Crippen LogP contribution in [0.2, 0.25) is 0 Å². The molecule has 3 aliphatic rings. The van der Waals surface area contributed by atoms with Crippen LogP contribution in [0.4, 0.5) is 13.2 Å². The van der Waals surface area contributed by atoms with Crippen molar-refractivity contribution in [3.63, 3.8) is 0 Å². The number of methoxy groups -OCH3 is 1. The molecule has 0 aliphatic carbocycles. The van der Waals surface area contributed by atoms with Crippen LogP contribution < -0.4 is 21.1 Å². The van der Waals surface area contributed by atoms with Gasteiger partial charge in [0.25, 0.3) is 0 Å². The summed E-state index contributed by atoms with van der Waals surface area (Å²) in [7, 11) is -2.42. The fourth-order valence-electron chi connectivity index (χ4n) is 4.27. The lowest BCUT2D eigenvalue weighted by atomic mass is 9.90. The van der Waals surface area contributed by atoms with E-state index < -0.39 is 34.0 Å². The monoisotopic (exact) mass is 515 g/mol. The van der Waals surface area contributed by atoms with Crippen molar-refractivity contribution in [2.75, 3.05) is 46.5 Å². The maximum absolute atomic E-state index is 13.6. The topological polar surface area (TPSA) is 118 Å². The first-order valence-corrected chi connectivity index (χ1v) is 12.6. The highest BCUT2D eigenvalue weighted by molar-refractivity contribution is 7.89. The second-order valence-electron chi connectivity index (χ2n) is 8.37. The van der Waals surface area contributed by atoms with Gasteiger partial charge in [0.2, 0.25) is 10.0 Å². The van der Waals surface area contributed by atoms with E-state index in [9.17, 15) is 21.6 Å². The zero-order valence-corrected chi connectivity index (χ0v) is 20.2. The highest BCUT2D eigenvalue weighted by Crippen LogP contribution is 2.40. The van der Waals surface area contributed by atoms with Gasteiger partial charge in [-0.05, 0) is 24.6 Å². The minimum atomic E-state index is -4.54. The van der Waals surface area contributed by atoms with Gasteiger partial charge < -0.3 is 25.8 Å². The van der Waals surface area contributed by atoms with Gasteiger partial charge in [-0.2, -0.15) is 17.5 Å². The number of halogens is 3. The number of hydrogen-bond donors (Lipinski definition) is 3. The summed E-state index contributed by atoms with van der Waals surface area (Å²) in [5, 5.41) is 5.94. The van der Waals surface area contributed by atoms with E-state index in [1.807, 2.05) is 6.92 Å². The number of fused-ring (bicyclic) bond motifs is 1. The Morgan fingerprint density at radius 2 is 2.03 bits per heavy atom. The first kappa shape index (κ1) is 25.5. The highest BCUT2D eigenvalue weighted by atomic mass is 32.2. The standard InChI is InChI=1S/C22H28F3N5O4S/c1-3-6-27-17-12-21(26,29-20-19(17)16(13-28-20)22(23,24)25)15-5-4-14(11-18(15)33-2)35(31,32)30-7-9-34-10-8-30/h4-5,11-12,27H,3,6-10,13,26H2,1-2H3,(H,28,29). The Morgan fingerprint density at radius 3 is 2.66 bits per heavy atom. The molecule has 13 heteroatoms. The molecule has 1 saturated heterocycles. The van der Waals surface area contributed by atoms with Crippen molar-refractivity contribution in [2.45, 2.75) is 30.1 Å². The molecule has 0 amide bonds. The molecule has 35 heavy (non-hydrogen) atoms. The van der Waals surface area contributed by atoms with E-state index >= 15 is 0 Å². The number of nitrogens with two attached hydrogens (primary N) is 1. The van der Waals surface area contributed by atoms with Crippen LogP contribution in [0.5, 0.6) is 5.75 Å². The van der Waals surface area contributed by atoms with Gasteiger partial charge in [-0.15, -0.1) is 0 Å². The van der Waals surface area contributed by atoms with Gasteiger partial charge in [0, 0.05) is 42.5 Å². The molecule has 1 aromatic rings. The zero-order valence-electron chi connectivity index (χ0n) is 19.4. The van der Waals surface area contributed by atoms with Crippen molar-refractivity contribution in [1.82, 2.24) is 14.9 Å². The average molecular weight is 516 g/mol. The summed E-state index contributed by atoms with van der Waals surface area (Å²) in [4.78, 5) is 4.07. The Hall–Kier alpha value is -2.61. The molecular weight excluding hydrogens is 487 g/mol. The predicted octanol–water partition coefficient (Wildman–Crippen LogP) is 1.59. The van der Waals surface area contributed by atoms with E-state index in [2.05, 4.69) is 15.6 Å². The quantitative estimate of drug-likeness (QED) is 0.505. The Balaban J connectivity index is 1.77. The van der Waals surface area contributed by atoms with Crippen LogP contribution in [0.25, 0.3) is 0 Å². The molecule has 1 fully saturated rings. The normalized spacial score (nSPS) is 23.4. The third-order valence-corrected chi connectivity index (χ3v) is 7.93. The molecule has 0 spiro atoms. The predicted molar refractivity (Wildman–Crippen MR) is 123 cm³/mol. The molecule has 0 bridgehead atoms. The van der Waals surface area contributed by atoms with Gasteiger partial charge >= 0.3 is 6.18 Å². The summed E-state index contributed by atoms with van der Waals surface area (Å²) < 4.78 is 79.1. The fraction of sp³-hybridized carbons (Fsp3) is 0.500. The molecular formula is C22H28F3N5O4S. The van der Waals surface area contributed by atoms with E-state index in [0.717, 1.165) is 0 Å². The summed E-state index contributed by atoms with van der Waals surface area (Å²) in [5.74, 6) is 0.190. The SMILES string of the molecule is CCCNC1=CC(N)(c2ccc(S(=O)(=O)N3CCOCC3)cc2OC)NC2=NCC(C(F)(F)F)=C12. The van der Waals surface area contributed by atoms with E-state index in [-0.39, 0.29) is 40.8 Å². The van der Waals surface area contributed by atoms with Crippen molar-refractivity contribution in [3.8, 4) is 5.75 Å². The fourth-order valence-corrected chi connectivity index (χ4v) is 5.69. The molecule has 1 aromatic carbocycles. The van der Waals surface area contributed by atoms with Crippen molar-refractivity contribution in [2.24, 2.45) is 10.7 Å². The minimum Gasteiger partial charge on any atom is -0.496 e. The summed E-state index contributed by atoms with van der Waals surface area (Å²) in [6.45, 7) is 2.89. The third kappa shape index (κ3) is 4.77. The molecule has 4 rings (SSSR count). The maximum Gasteiger partial charge on any atom is 0.415 e. The number of sulfonamides is 1. The molecule has 0 radical (unpaired) electrons. The van der Waals surface area contributed by atoms with Gasteiger partial charge in [0.15, 0.2) is 0 Å². The maximum atomic E-state index is 13.6. The average Bonchev–Trinajstić information content (AvgIpc) is 3.27. The first-order valence-electron chi connectivity index (χ1n) is 11.2. The number of amidine groups is 1. The molecule has 1 atom stereocenters. The van der Waals surface area contributed by atoms with Gasteiger partial charge in [0.05, 0.1) is 37.3 Å². The van der Waals surface area contributed by atoms with Crippen LogP contribution in [-0.4, -0.2) is 71.2 Å².